The van der Waals surface area contributed by atoms with Crippen molar-refractivity contribution in [1.29, 1.82) is 0 Å². The minimum Gasteiger partial charge on any atom is -0.455 e. The first-order valence-electron chi connectivity index (χ1n) is 20.5. The second-order valence-electron chi connectivity index (χ2n) is 15.3. The average molecular weight is 766 g/mol. The molecule has 0 saturated heterocycles. The van der Waals surface area contributed by atoms with Crippen molar-refractivity contribution in [3.8, 4) is 55.6 Å². The molecule has 1 heterocycles. The molecular weight excluding hydrogens is 727 g/mol. The van der Waals surface area contributed by atoms with Crippen LogP contribution in [-0.4, -0.2) is 0 Å². The highest BCUT2D eigenvalue weighted by molar-refractivity contribution is 6.19. The molecule has 11 aromatic rings. The van der Waals surface area contributed by atoms with Crippen LogP contribution < -0.4 is 4.90 Å². The van der Waals surface area contributed by atoms with E-state index in [2.05, 4.69) is 241 Å². The van der Waals surface area contributed by atoms with Gasteiger partial charge in [-0.1, -0.05) is 194 Å². The molecule has 0 fully saturated rings. The fourth-order valence-electron chi connectivity index (χ4n) is 8.69. The quantitative estimate of drug-likeness (QED) is 0.153. The Labute approximate surface area is 349 Å². The number of benzene rings is 10. The van der Waals surface area contributed by atoms with Crippen LogP contribution in [-0.2, 0) is 0 Å². The SMILES string of the molecule is c1ccc(-c2ccc(-c3ccccc3N(c3ccc(-c4ccccc4)cc3)c3ccc4oc5c(-c6ccc(-c7ccccc7)cc6)c6ccccc6cc5c4c3)cc2)cc1. The minimum absolute atomic E-state index is 0.857. The predicted octanol–water partition coefficient (Wildman–Crippen LogP) is 16.5. The lowest BCUT2D eigenvalue weighted by molar-refractivity contribution is 0.670. The third-order valence-electron chi connectivity index (χ3n) is 11.7. The van der Waals surface area contributed by atoms with Crippen molar-refractivity contribution in [1.82, 2.24) is 0 Å². The number of furan rings is 1. The topological polar surface area (TPSA) is 16.4 Å². The van der Waals surface area contributed by atoms with Gasteiger partial charge in [0.1, 0.15) is 11.2 Å². The van der Waals surface area contributed by atoms with Crippen molar-refractivity contribution in [2.75, 3.05) is 4.90 Å². The first-order valence-corrected chi connectivity index (χ1v) is 20.5. The summed E-state index contributed by atoms with van der Waals surface area (Å²) in [6.45, 7) is 0. The lowest BCUT2D eigenvalue weighted by atomic mass is 9.94. The Hall–Kier alpha value is -7.94. The molecule has 0 atom stereocenters. The zero-order chi connectivity index (χ0) is 39.8. The molecule has 0 radical (unpaired) electrons. The van der Waals surface area contributed by atoms with Crippen molar-refractivity contribution in [3.05, 3.63) is 237 Å². The van der Waals surface area contributed by atoms with Gasteiger partial charge in [-0.3, -0.25) is 0 Å². The molecule has 10 aromatic carbocycles. The third-order valence-corrected chi connectivity index (χ3v) is 11.7. The lowest BCUT2D eigenvalue weighted by Gasteiger charge is -2.28. The second-order valence-corrected chi connectivity index (χ2v) is 15.3. The van der Waals surface area contributed by atoms with Crippen LogP contribution in [0.2, 0.25) is 0 Å². The van der Waals surface area contributed by atoms with Crippen LogP contribution in [0.5, 0.6) is 0 Å². The summed E-state index contributed by atoms with van der Waals surface area (Å²) < 4.78 is 6.89. The number of fused-ring (bicyclic) bond motifs is 4. The monoisotopic (exact) mass is 765 g/mol. The number of hydrogen-bond donors (Lipinski definition) is 0. The van der Waals surface area contributed by atoms with Crippen LogP contribution >= 0.6 is 0 Å². The van der Waals surface area contributed by atoms with E-state index in [4.69, 9.17) is 4.42 Å². The van der Waals surface area contributed by atoms with E-state index in [0.717, 1.165) is 61.3 Å². The number of rotatable bonds is 8. The molecule has 2 heteroatoms. The smallest absolute Gasteiger partial charge is 0.143 e. The zero-order valence-corrected chi connectivity index (χ0v) is 32.9. The van der Waals surface area contributed by atoms with Crippen LogP contribution in [0.15, 0.2) is 241 Å². The fourth-order valence-corrected chi connectivity index (χ4v) is 8.69. The van der Waals surface area contributed by atoms with Gasteiger partial charge < -0.3 is 9.32 Å². The van der Waals surface area contributed by atoms with Crippen molar-refractivity contribution in [2.24, 2.45) is 0 Å². The van der Waals surface area contributed by atoms with Crippen molar-refractivity contribution < 1.29 is 4.42 Å². The number of hydrogen-bond acceptors (Lipinski definition) is 2. The summed E-state index contributed by atoms with van der Waals surface area (Å²) >= 11 is 0. The molecule has 1 aromatic heterocycles. The second kappa shape index (κ2) is 15.1. The minimum atomic E-state index is 0.857. The molecule has 0 aliphatic carbocycles. The van der Waals surface area contributed by atoms with E-state index in [1.807, 2.05) is 0 Å². The van der Waals surface area contributed by atoms with Gasteiger partial charge >= 0.3 is 0 Å². The fraction of sp³-hybridized carbons (Fsp3) is 0. The Kier molecular flexibility index (Phi) is 8.87. The summed E-state index contributed by atoms with van der Waals surface area (Å²) in [5.74, 6) is 0. The van der Waals surface area contributed by atoms with Gasteiger partial charge in [-0.05, 0) is 97.7 Å². The summed E-state index contributed by atoms with van der Waals surface area (Å²) in [6, 6.07) is 84.7. The average Bonchev–Trinajstić information content (AvgIpc) is 3.69. The summed E-state index contributed by atoms with van der Waals surface area (Å²) in [6.07, 6.45) is 0. The number of para-hydroxylation sites is 1. The van der Waals surface area contributed by atoms with Crippen molar-refractivity contribution in [2.45, 2.75) is 0 Å². The highest BCUT2D eigenvalue weighted by Crippen LogP contribution is 2.46. The molecule has 60 heavy (non-hydrogen) atoms. The van der Waals surface area contributed by atoms with Gasteiger partial charge in [0.15, 0.2) is 0 Å². The van der Waals surface area contributed by atoms with Crippen molar-refractivity contribution in [3.63, 3.8) is 0 Å². The number of nitrogens with zero attached hydrogens (tertiary/aromatic N) is 1. The summed E-state index contributed by atoms with van der Waals surface area (Å²) in [5.41, 5.74) is 16.7. The maximum Gasteiger partial charge on any atom is 0.143 e. The van der Waals surface area contributed by atoms with Gasteiger partial charge in [0.25, 0.3) is 0 Å². The molecular formula is C58H39NO. The van der Waals surface area contributed by atoms with E-state index >= 15 is 0 Å². The Bertz CT molecular complexity index is 3260. The van der Waals surface area contributed by atoms with Crippen molar-refractivity contribution >= 4 is 49.8 Å². The number of anilines is 3. The summed E-state index contributed by atoms with van der Waals surface area (Å²) in [4.78, 5) is 2.39. The summed E-state index contributed by atoms with van der Waals surface area (Å²) in [5, 5.41) is 4.52. The van der Waals surface area contributed by atoms with E-state index in [-0.39, 0.29) is 0 Å². The maximum atomic E-state index is 6.89. The molecule has 0 N–H and O–H groups in total. The van der Waals surface area contributed by atoms with Crippen LogP contribution in [0.3, 0.4) is 0 Å². The van der Waals surface area contributed by atoms with Gasteiger partial charge in [-0.25, -0.2) is 0 Å². The first kappa shape index (κ1) is 35.2. The van der Waals surface area contributed by atoms with Gasteiger partial charge in [0, 0.05) is 33.3 Å². The standard InChI is InChI=1S/C58H39NO/c1-4-14-40(15-5-1)43-24-28-46(29-25-43)51-21-12-13-23-55(51)59(49-34-32-45(33-35-49)42-18-8-3-9-19-42)50-36-37-56-53(39-50)54-38-48-20-10-11-22-52(48)57(58(54)60-56)47-30-26-44(27-31-47)41-16-6-2-7-17-41/h1-39H. The Balaban J connectivity index is 1.08. The van der Waals surface area contributed by atoms with Gasteiger partial charge in [-0.2, -0.15) is 0 Å². The Morgan fingerprint density at radius 3 is 1.38 bits per heavy atom. The van der Waals surface area contributed by atoms with Gasteiger partial charge in [-0.15, -0.1) is 0 Å². The molecule has 0 bridgehead atoms. The Morgan fingerprint density at radius 1 is 0.300 bits per heavy atom. The van der Waals surface area contributed by atoms with Crippen LogP contribution in [0.25, 0.3) is 88.3 Å². The molecule has 0 spiro atoms. The van der Waals surface area contributed by atoms with Gasteiger partial charge in [0.2, 0.25) is 0 Å². The maximum absolute atomic E-state index is 6.89. The Morgan fingerprint density at radius 2 is 0.767 bits per heavy atom. The molecule has 0 aliphatic rings. The first-order chi connectivity index (χ1) is 29.7. The predicted molar refractivity (Wildman–Crippen MR) is 253 cm³/mol. The molecule has 0 aliphatic heterocycles. The van der Waals surface area contributed by atoms with E-state index in [9.17, 15) is 0 Å². The normalized spacial score (nSPS) is 11.3. The third kappa shape index (κ3) is 6.41. The van der Waals surface area contributed by atoms with E-state index < -0.39 is 0 Å². The summed E-state index contributed by atoms with van der Waals surface area (Å²) in [7, 11) is 0. The molecule has 282 valence electrons. The van der Waals surface area contributed by atoms with E-state index in [1.165, 1.54) is 44.2 Å². The molecule has 2 nitrogen and oxygen atoms in total. The largest absolute Gasteiger partial charge is 0.455 e. The van der Waals surface area contributed by atoms with Crippen LogP contribution in [0.1, 0.15) is 0 Å². The van der Waals surface area contributed by atoms with Gasteiger partial charge in [0.05, 0.1) is 5.69 Å². The highest BCUT2D eigenvalue weighted by Gasteiger charge is 2.21. The molecule has 11 rings (SSSR count). The molecule has 0 saturated carbocycles. The molecule has 0 unspecified atom stereocenters. The zero-order valence-electron chi connectivity index (χ0n) is 32.9. The van der Waals surface area contributed by atoms with Crippen LogP contribution in [0.4, 0.5) is 17.1 Å². The van der Waals surface area contributed by atoms with Crippen LogP contribution in [0, 0.1) is 0 Å². The van der Waals surface area contributed by atoms with E-state index in [0.29, 0.717) is 0 Å². The lowest BCUT2D eigenvalue weighted by Crippen LogP contribution is -2.11. The highest BCUT2D eigenvalue weighted by atomic mass is 16.3. The molecule has 0 amide bonds. The van der Waals surface area contributed by atoms with E-state index in [1.54, 1.807) is 0 Å².